The molecule has 0 aliphatic carbocycles. The summed E-state index contributed by atoms with van der Waals surface area (Å²) in [6.45, 7) is 0. The molecule has 0 fully saturated rings. The van der Waals surface area contributed by atoms with Gasteiger partial charge in [-0.25, -0.2) is 9.61 Å². The maximum atomic E-state index is 11.3. The van der Waals surface area contributed by atoms with Crippen LogP contribution in [-0.4, -0.2) is 31.4 Å². The molecule has 3 heterocycles. The first kappa shape index (κ1) is 21.2. The number of rotatable bonds is 7. The van der Waals surface area contributed by atoms with E-state index in [1.807, 2.05) is 24.3 Å². The van der Waals surface area contributed by atoms with Gasteiger partial charge in [-0.2, -0.15) is 10.1 Å². The van der Waals surface area contributed by atoms with Crippen molar-refractivity contribution in [1.29, 1.82) is 0 Å². The molecular formula is C21H13BrN8O4. The van der Waals surface area contributed by atoms with Crippen LogP contribution in [0.15, 0.2) is 79.3 Å². The van der Waals surface area contributed by atoms with Gasteiger partial charge in [-0.3, -0.25) is 15.5 Å². The van der Waals surface area contributed by atoms with Gasteiger partial charge in [0.25, 0.3) is 5.69 Å². The normalized spacial score (nSPS) is 11.2. The van der Waals surface area contributed by atoms with Gasteiger partial charge in [-0.05, 0) is 52.8 Å². The van der Waals surface area contributed by atoms with E-state index in [1.54, 1.807) is 30.3 Å². The lowest BCUT2D eigenvalue weighted by molar-refractivity contribution is -0.384. The molecule has 0 spiro atoms. The van der Waals surface area contributed by atoms with Crippen LogP contribution in [0.4, 0.5) is 23.0 Å². The first-order valence-electron chi connectivity index (χ1n) is 9.72. The molecular weight excluding hydrogens is 508 g/mol. The number of benzene rings is 2. The van der Waals surface area contributed by atoms with E-state index >= 15 is 0 Å². The minimum atomic E-state index is -0.458. The van der Waals surface area contributed by atoms with E-state index < -0.39 is 4.92 Å². The van der Waals surface area contributed by atoms with Gasteiger partial charge < -0.3 is 9.73 Å². The van der Waals surface area contributed by atoms with E-state index in [1.165, 1.54) is 12.3 Å². The Morgan fingerprint density at radius 2 is 1.71 bits per heavy atom. The third kappa shape index (κ3) is 4.45. The summed E-state index contributed by atoms with van der Waals surface area (Å²) in [5.74, 6) is 1.34. The second-order valence-corrected chi connectivity index (χ2v) is 7.73. The van der Waals surface area contributed by atoms with Gasteiger partial charge in [0.15, 0.2) is 11.6 Å². The number of nitro groups is 1. The predicted molar refractivity (Wildman–Crippen MR) is 127 cm³/mol. The highest BCUT2D eigenvalue weighted by Crippen LogP contribution is 2.30. The Labute approximate surface area is 199 Å². The Bertz CT molecular complexity index is 1510. The summed E-state index contributed by atoms with van der Waals surface area (Å²) in [6.07, 6.45) is 1.41. The van der Waals surface area contributed by atoms with Gasteiger partial charge in [0.1, 0.15) is 11.5 Å². The fourth-order valence-electron chi connectivity index (χ4n) is 3.04. The summed E-state index contributed by atoms with van der Waals surface area (Å²) < 4.78 is 11.3. The SMILES string of the molecule is O=[N+]([O-])c1ccccc1-c1ccc(/C=N/Nc2nc3nonc3nc2Nc2ccc(Br)cc2)o1. The molecule has 3 aromatic heterocycles. The number of hydrogen-bond donors (Lipinski definition) is 2. The largest absolute Gasteiger partial charge is 0.455 e. The lowest BCUT2D eigenvalue weighted by Crippen LogP contribution is -2.03. The summed E-state index contributed by atoms with van der Waals surface area (Å²) in [5, 5.41) is 26.0. The van der Waals surface area contributed by atoms with Crippen molar-refractivity contribution in [3.63, 3.8) is 0 Å². The topological polar surface area (TPSA) is 157 Å². The monoisotopic (exact) mass is 520 g/mol. The van der Waals surface area contributed by atoms with Crippen molar-refractivity contribution >= 4 is 56.4 Å². The first-order valence-corrected chi connectivity index (χ1v) is 10.5. The quantitative estimate of drug-likeness (QED) is 0.167. The average molecular weight is 521 g/mol. The Hall–Kier alpha value is -4.65. The number of fused-ring (bicyclic) bond motifs is 1. The van der Waals surface area contributed by atoms with Gasteiger partial charge in [0.05, 0.1) is 16.7 Å². The molecule has 0 atom stereocenters. The predicted octanol–water partition coefficient (Wildman–Crippen LogP) is 5.13. The molecule has 0 radical (unpaired) electrons. The Morgan fingerprint density at radius 1 is 0.971 bits per heavy atom. The van der Waals surface area contributed by atoms with Crippen LogP contribution in [-0.2, 0) is 0 Å². The minimum absolute atomic E-state index is 0.0491. The fraction of sp³-hybridized carbons (Fsp3) is 0. The van der Waals surface area contributed by atoms with Crippen molar-refractivity contribution in [3.8, 4) is 11.3 Å². The zero-order chi connectivity index (χ0) is 23.5. The Kier molecular flexibility index (Phi) is 5.66. The van der Waals surface area contributed by atoms with Crippen LogP contribution in [0.2, 0.25) is 0 Å². The van der Waals surface area contributed by atoms with E-state index in [9.17, 15) is 10.1 Å². The molecule has 0 saturated carbocycles. The highest BCUT2D eigenvalue weighted by molar-refractivity contribution is 9.10. The maximum absolute atomic E-state index is 11.3. The van der Waals surface area contributed by atoms with Crippen molar-refractivity contribution in [2.75, 3.05) is 10.7 Å². The van der Waals surface area contributed by atoms with Gasteiger partial charge in [0, 0.05) is 16.2 Å². The molecule has 0 aliphatic heterocycles. The maximum Gasteiger partial charge on any atom is 0.280 e. The second kappa shape index (κ2) is 9.07. The number of hydrogen-bond acceptors (Lipinski definition) is 11. The van der Waals surface area contributed by atoms with Gasteiger partial charge >= 0.3 is 0 Å². The van der Waals surface area contributed by atoms with E-state index in [0.717, 1.165) is 10.2 Å². The van der Waals surface area contributed by atoms with E-state index in [4.69, 9.17) is 9.05 Å². The van der Waals surface area contributed by atoms with Crippen LogP contribution in [0, 0.1) is 10.1 Å². The number of anilines is 3. The zero-order valence-electron chi connectivity index (χ0n) is 17.0. The molecule has 12 nitrogen and oxygen atoms in total. The number of nitro benzene ring substituents is 1. The molecule has 168 valence electrons. The summed E-state index contributed by atoms with van der Waals surface area (Å²) in [6, 6.07) is 17.1. The van der Waals surface area contributed by atoms with Gasteiger partial charge in [-0.15, -0.1) is 0 Å². The molecule has 0 unspecified atom stereocenters. The van der Waals surface area contributed by atoms with Crippen molar-refractivity contribution in [1.82, 2.24) is 20.3 Å². The first-order chi connectivity index (χ1) is 16.6. The van der Waals surface area contributed by atoms with Crippen molar-refractivity contribution in [2.24, 2.45) is 5.10 Å². The van der Waals surface area contributed by atoms with Crippen LogP contribution >= 0.6 is 15.9 Å². The van der Waals surface area contributed by atoms with Crippen molar-refractivity contribution in [3.05, 3.63) is 81.0 Å². The smallest absolute Gasteiger partial charge is 0.280 e. The molecule has 0 saturated heterocycles. The molecule has 2 aromatic carbocycles. The number of nitrogens with zero attached hydrogens (tertiary/aromatic N) is 6. The molecule has 2 N–H and O–H groups in total. The summed E-state index contributed by atoms with van der Waals surface area (Å²) in [4.78, 5) is 19.5. The van der Waals surface area contributed by atoms with Crippen LogP contribution in [0.25, 0.3) is 22.6 Å². The van der Waals surface area contributed by atoms with E-state index in [-0.39, 0.29) is 22.8 Å². The van der Waals surface area contributed by atoms with Gasteiger partial charge in [-0.1, -0.05) is 28.1 Å². The van der Waals surface area contributed by atoms with Crippen LogP contribution in [0.1, 0.15) is 5.76 Å². The number of nitrogens with one attached hydrogen (secondary N) is 2. The number of halogens is 1. The zero-order valence-corrected chi connectivity index (χ0v) is 18.6. The van der Waals surface area contributed by atoms with Crippen LogP contribution in [0.5, 0.6) is 0 Å². The van der Waals surface area contributed by atoms with Crippen molar-refractivity contribution < 1.29 is 14.0 Å². The molecule has 0 amide bonds. The highest BCUT2D eigenvalue weighted by Gasteiger charge is 2.17. The van der Waals surface area contributed by atoms with Crippen LogP contribution < -0.4 is 10.7 Å². The minimum Gasteiger partial charge on any atom is -0.455 e. The Morgan fingerprint density at radius 3 is 2.47 bits per heavy atom. The fourth-order valence-corrected chi connectivity index (χ4v) is 3.30. The standard InChI is InChI=1S/C21H13BrN8O4/c22-12-5-7-13(8-6-12)24-18-19(26-21-20(25-18)28-34-29-21)27-23-11-14-9-10-17(33-14)15-3-1-2-4-16(15)30(31)32/h1-11H,(H,24,25,28)(H,26,27,29)/b23-11+. The van der Waals surface area contributed by atoms with Crippen molar-refractivity contribution in [2.45, 2.75) is 0 Å². The van der Waals surface area contributed by atoms with Gasteiger partial charge in [0.2, 0.25) is 11.3 Å². The molecule has 13 heteroatoms. The summed E-state index contributed by atoms with van der Waals surface area (Å²) in [5.41, 5.74) is 4.32. The molecule has 0 bridgehead atoms. The lowest BCUT2D eigenvalue weighted by atomic mass is 10.1. The Balaban J connectivity index is 1.38. The number of aromatic nitrogens is 4. The third-order valence-corrected chi connectivity index (χ3v) is 5.11. The molecule has 0 aliphatic rings. The molecule has 34 heavy (non-hydrogen) atoms. The summed E-state index contributed by atoms with van der Waals surface area (Å²) >= 11 is 3.40. The number of para-hydroxylation sites is 1. The summed E-state index contributed by atoms with van der Waals surface area (Å²) in [7, 11) is 0. The molecule has 5 rings (SSSR count). The van der Waals surface area contributed by atoms with E-state index in [2.05, 4.69) is 52.1 Å². The number of furan rings is 1. The van der Waals surface area contributed by atoms with E-state index in [0.29, 0.717) is 22.9 Å². The molecule has 5 aromatic rings. The van der Waals surface area contributed by atoms with Crippen LogP contribution in [0.3, 0.4) is 0 Å². The highest BCUT2D eigenvalue weighted by atomic mass is 79.9. The second-order valence-electron chi connectivity index (χ2n) is 6.81. The third-order valence-electron chi connectivity index (χ3n) is 4.58. The lowest BCUT2D eigenvalue weighted by Gasteiger charge is -2.09. The average Bonchev–Trinajstić information content (AvgIpc) is 3.50. The number of hydrazone groups is 1.